The van der Waals surface area contributed by atoms with Gasteiger partial charge in [0.15, 0.2) is 0 Å². The molecule has 0 spiro atoms. The van der Waals surface area contributed by atoms with Crippen LogP contribution in [0.15, 0.2) is 42.9 Å². The van der Waals surface area contributed by atoms with Crippen molar-refractivity contribution in [2.24, 2.45) is 0 Å². The quantitative estimate of drug-likeness (QED) is 0.857. The average Bonchev–Trinajstić information content (AvgIpc) is 2.94. The van der Waals surface area contributed by atoms with Crippen molar-refractivity contribution < 1.29 is 14.2 Å². The van der Waals surface area contributed by atoms with Gasteiger partial charge >= 0.3 is 0 Å². The van der Waals surface area contributed by atoms with Crippen LogP contribution in [0.4, 0.5) is 5.69 Å². The Labute approximate surface area is 141 Å². The van der Waals surface area contributed by atoms with E-state index in [9.17, 15) is 0 Å². The maximum Gasteiger partial charge on any atom is 0.145 e. The second-order valence-electron chi connectivity index (χ2n) is 6.23. The molecule has 2 fully saturated rings. The zero-order valence-corrected chi connectivity index (χ0v) is 13.7. The highest BCUT2D eigenvalue weighted by Crippen LogP contribution is 2.26. The zero-order valence-electron chi connectivity index (χ0n) is 13.7. The van der Waals surface area contributed by atoms with Crippen LogP contribution in [-0.4, -0.2) is 54.6 Å². The summed E-state index contributed by atoms with van der Waals surface area (Å²) in [7, 11) is 0. The van der Waals surface area contributed by atoms with Gasteiger partial charge in [0.1, 0.15) is 24.1 Å². The predicted octanol–water partition coefficient (Wildman–Crippen LogP) is 1.84. The Morgan fingerprint density at radius 1 is 1.04 bits per heavy atom. The highest BCUT2D eigenvalue weighted by molar-refractivity contribution is 5.46. The fourth-order valence-corrected chi connectivity index (χ4v) is 3.12. The minimum atomic E-state index is -0.102. The first-order valence-electron chi connectivity index (χ1n) is 8.25. The second-order valence-corrected chi connectivity index (χ2v) is 6.23. The summed E-state index contributed by atoms with van der Waals surface area (Å²) in [5.41, 5.74) is 2.13. The molecule has 0 N–H and O–H groups in total. The SMILES string of the molecule is Cc1ccc(OC2CO[C@H]3CN(c4ccncc4)C[C@@H]3OC2)cn1. The molecule has 0 bridgehead atoms. The minimum absolute atomic E-state index is 0.0721. The number of ether oxygens (including phenoxy) is 3. The van der Waals surface area contributed by atoms with Gasteiger partial charge in [0, 0.05) is 36.9 Å². The molecule has 4 rings (SSSR count). The van der Waals surface area contributed by atoms with Crippen molar-refractivity contribution >= 4 is 5.69 Å². The maximum absolute atomic E-state index is 6.06. The Hall–Kier alpha value is -2.18. The van der Waals surface area contributed by atoms with Crippen molar-refractivity contribution in [2.75, 3.05) is 31.2 Å². The topological polar surface area (TPSA) is 56.7 Å². The lowest BCUT2D eigenvalue weighted by atomic mass is 10.3. The monoisotopic (exact) mass is 327 g/mol. The molecule has 0 aliphatic carbocycles. The number of hydrogen-bond acceptors (Lipinski definition) is 6. The van der Waals surface area contributed by atoms with Gasteiger partial charge in [-0.3, -0.25) is 9.97 Å². The van der Waals surface area contributed by atoms with Crippen LogP contribution in [0, 0.1) is 6.92 Å². The summed E-state index contributed by atoms with van der Waals surface area (Å²) in [5.74, 6) is 0.753. The van der Waals surface area contributed by atoms with Crippen molar-refractivity contribution in [3.05, 3.63) is 48.5 Å². The standard InChI is InChI=1S/C18H21N3O3/c1-13-2-3-15(8-20-13)24-16-11-22-17-9-21(10-18(17)23-12-16)14-4-6-19-7-5-14/h2-8,16-18H,9-12H2,1H3/t17-,18-/m0/s1. The van der Waals surface area contributed by atoms with E-state index in [4.69, 9.17) is 14.2 Å². The smallest absolute Gasteiger partial charge is 0.145 e. The second kappa shape index (κ2) is 6.75. The van der Waals surface area contributed by atoms with Crippen molar-refractivity contribution in [3.8, 4) is 5.75 Å². The van der Waals surface area contributed by atoms with Gasteiger partial charge in [-0.15, -0.1) is 0 Å². The summed E-state index contributed by atoms with van der Waals surface area (Å²) in [6.45, 7) is 4.66. The largest absolute Gasteiger partial charge is 0.484 e. The van der Waals surface area contributed by atoms with Crippen LogP contribution in [-0.2, 0) is 9.47 Å². The predicted molar refractivity (Wildman–Crippen MR) is 89.3 cm³/mol. The van der Waals surface area contributed by atoms with Crippen LogP contribution in [0.5, 0.6) is 5.75 Å². The Kier molecular flexibility index (Phi) is 4.32. The highest BCUT2D eigenvalue weighted by atomic mass is 16.6. The number of nitrogens with zero attached hydrogens (tertiary/aromatic N) is 3. The minimum Gasteiger partial charge on any atom is -0.484 e. The normalized spacial score (nSPS) is 24.5. The summed E-state index contributed by atoms with van der Waals surface area (Å²) in [4.78, 5) is 10.6. The first-order valence-corrected chi connectivity index (χ1v) is 8.25. The molecular formula is C18H21N3O3. The molecule has 2 saturated heterocycles. The highest BCUT2D eigenvalue weighted by Gasteiger charge is 2.37. The van der Waals surface area contributed by atoms with Crippen LogP contribution in [0.25, 0.3) is 0 Å². The molecule has 2 aliphatic rings. The molecule has 6 heteroatoms. The number of aromatic nitrogens is 2. The fourth-order valence-electron chi connectivity index (χ4n) is 3.12. The van der Waals surface area contributed by atoms with Crippen molar-refractivity contribution in [3.63, 3.8) is 0 Å². The summed E-state index contributed by atoms with van der Waals surface area (Å²) in [5, 5.41) is 0. The molecule has 126 valence electrons. The Morgan fingerprint density at radius 2 is 1.75 bits per heavy atom. The fraction of sp³-hybridized carbons (Fsp3) is 0.444. The summed E-state index contributed by atoms with van der Waals surface area (Å²) < 4.78 is 18.1. The molecule has 4 heterocycles. The lowest BCUT2D eigenvalue weighted by Crippen LogP contribution is -2.29. The molecule has 24 heavy (non-hydrogen) atoms. The number of anilines is 1. The van der Waals surface area contributed by atoms with E-state index in [-0.39, 0.29) is 18.3 Å². The van der Waals surface area contributed by atoms with Crippen molar-refractivity contribution in [1.29, 1.82) is 0 Å². The van der Waals surface area contributed by atoms with Gasteiger partial charge in [0.2, 0.25) is 0 Å². The summed E-state index contributed by atoms with van der Waals surface area (Å²) in [6, 6.07) is 7.90. The van der Waals surface area contributed by atoms with Crippen LogP contribution in [0.1, 0.15) is 5.69 Å². The molecule has 0 unspecified atom stereocenters. The van der Waals surface area contributed by atoms with Crippen molar-refractivity contribution in [1.82, 2.24) is 9.97 Å². The van der Waals surface area contributed by atoms with E-state index in [1.165, 1.54) is 0 Å². The van der Waals surface area contributed by atoms with Crippen LogP contribution >= 0.6 is 0 Å². The van der Waals surface area contributed by atoms with E-state index >= 15 is 0 Å². The molecular weight excluding hydrogens is 306 g/mol. The number of pyridine rings is 2. The van der Waals surface area contributed by atoms with Crippen LogP contribution < -0.4 is 9.64 Å². The number of aryl methyl sites for hydroxylation is 1. The lowest BCUT2D eigenvalue weighted by molar-refractivity contribution is -0.00461. The molecule has 0 aromatic carbocycles. The van der Waals surface area contributed by atoms with E-state index < -0.39 is 0 Å². The molecule has 0 radical (unpaired) electrons. The average molecular weight is 327 g/mol. The number of fused-ring (bicyclic) bond motifs is 1. The Morgan fingerprint density at radius 3 is 2.38 bits per heavy atom. The number of rotatable bonds is 3. The molecule has 2 aliphatic heterocycles. The summed E-state index contributed by atoms with van der Waals surface area (Å²) in [6.07, 6.45) is 5.40. The van der Waals surface area contributed by atoms with Gasteiger partial charge in [-0.2, -0.15) is 0 Å². The van der Waals surface area contributed by atoms with E-state index in [0.717, 1.165) is 30.2 Å². The van der Waals surface area contributed by atoms with Crippen molar-refractivity contribution in [2.45, 2.75) is 25.2 Å². The van der Waals surface area contributed by atoms with E-state index in [1.54, 1.807) is 6.20 Å². The van der Waals surface area contributed by atoms with E-state index in [0.29, 0.717) is 13.2 Å². The number of hydrogen-bond donors (Lipinski definition) is 0. The molecule has 6 nitrogen and oxygen atoms in total. The maximum atomic E-state index is 6.06. The molecule has 0 amide bonds. The van der Waals surface area contributed by atoms with Gasteiger partial charge in [0.25, 0.3) is 0 Å². The zero-order chi connectivity index (χ0) is 16.4. The van der Waals surface area contributed by atoms with Gasteiger partial charge in [-0.25, -0.2) is 0 Å². The molecule has 2 aromatic rings. The first kappa shape index (κ1) is 15.4. The van der Waals surface area contributed by atoms with Gasteiger partial charge in [-0.05, 0) is 31.2 Å². The first-order chi connectivity index (χ1) is 11.8. The van der Waals surface area contributed by atoms with Gasteiger partial charge in [0.05, 0.1) is 19.4 Å². The molecule has 0 saturated carbocycles. The van der Waals surface area contributed by atoms with Gasteiger partial charge < -0.3 is 19.1 Å². The molecule has 2 atom stereocenters. The van der Waals surface area contributed by atoms with Crippen LogP contribution in [0.3, 0.4) is 0 Å². The Balaban J connectivity index is 1.35. The molecule has 2 aromatic heterocycles. The van der Waals surface area contributed by atoms with Gasteiger partial charge in [-0.1, -0.05) is 0 Å². The van der Waals surface area contributed by atoms with E-state index in [1.807, 2.05) is 43.6 Å². The third kappa shape index (κ3) is 3.34. The Bertz CT molecular complexity index is 649. The van der Waals surface area contributed by atoms with Crippen LogP contribution in [0.2, 0.25) is 0 Å². The third-order valence-electron chi connectivity index (χ3n) is 4.42. The summed E-state index contributed by atoms with van der Waals surface area (Å²) >= 11 is 0. The third-order valence-corrected chi connectivity index (χ3v) is 4.42. The lowest BCUT2D eigenvalue weighted by Gasteiger charge is -2.20. The van der Waals surface area contributed by atoms with E-state index in [2.05, 4.69) is 14.9 Å².